The van der Waals surface area contributed by atoms with Crippen molar-refractivity contribution in [1.82, 2.24) is 10.1 Å². The summed E-state index contributed by atoms with van der Waals surface area (Å²) in [6, 6.07) is 9.03. The van der Waals surface area contributed by atoms with Gasteiger partial charge in [0.1, 0.15) is 11.5 Å². The van der Waals surface area contributed by atoms with Crippen LogP contribution in [0.25, 0.3) is 0 Å². The average Bonchev–Trinajstić information content (AvgIpc) is 3.00. The molecule has 0 bridgehead atoms. The first-order chi connectivity index (χ1) is 12.5. The van der Waals surface area contributed by atoms with Crippen LogP contribution in [0.5, 0.6) is 0 Å². The molecule has 6 nitrogen and oxygen atoms in total. The highest BCUT2D eigenvalue weighted by atomic mass is 16.5. The van der Waals surface area contributed by atoms with E-state index in [9.17, 15) is 9.59 Å². The summed E-state index contributed by atoms with van der Waals surface area (Å²) < 4.78 is 5.18. The molecule has 6 heteroatoms. The zero-order valence-corrected chi connectivity index (χ0v) is 15.1. The second kappa shape index (κ2) is 6.59. The van der Waals surface area contributed by atoms with Gasteiger partial charge in [0, 0.05) is 29.8 Å². The number of nitrogens with one attached hydrogen (secondary N) is 1. The molecule has 2 aliphatic rings. The Morgan fingerprint density at radius 1 is 1.31 bits per heavy atom. The van der Waals surface area contributed by atoms with Gasteiger partial charge in [0.2, 0.25) is 5.91 Å². The summed E-state index contributed by atoms with van der Waals surface area (Å²) in [6.45, 7) is 4.62. The third kappa shape index (κ3) is 3.23. The van der Waals surface area contributed by atoms with E-state index in [2.05, 4.69) is 17.4 Å². The number of anilines is 1. The van der Waals surface area contributed by atoms with Gasteiger partial charge in [-0.25, -0.2) is 0 Å². The van der Waals surface area contributed by atoms with Crippen molar-refractivity contribution in [3.8, 4) is 0 Å². The van der Waals surface area contributed by atoms with Crippen molar-refractivity contribution in [1.29, 1.82) is 0 Å². The molecule has 1 saturated heterocycles. The molecule has 1 N–H and O–H groups in total. The molecule has 1 aromatic heterocycles. The molecule has 2 heterocycles. The summed E-state index contributed by atoms with van der Waals surface area (Å²) in [7, 11) is 0. The first-order valence-corrected chi connectivity index (χ1v) is 9.18. The summed E-state index contributed by atoms with van der Waals surface area (Å²) >= 11 is 0. The van der Waals surface area contributed by atoms with Gasteiger partial charge in [-0.1, -0.05) is 18.1 Å². The molecular formula is C20H23N3O3. The van der Waals surface area contributed by atoms with Crippen LogP contribution in [0.3, 0.4) is 0 Å². The maximum atomic E-state index is 13.0. The molecule has 1 aromatic carbocycles. The zero-order chi connectivity index (χ0) is 18.3. The monoisotopic (exact) mass is 353 g/mol. The van der Waals surface area contributed by atoms with Gasteiger partial charge in [0.15, 0.2) is 0 Å². The van der Waals surface area contributed by atoms with Crippen molar-refractivity contribution in [2.24, 2.45) is 11.8 Å². The number of aryl methyl sites for hydroxylation is 1. The van der Waals surface area contributed by atoms with Crippen LogP contribution in [0.4, 0.5) is 5.69 Å². The molecular weight excluding hydrogens is 330 g/mol. The molecule has 1 aliphatic heterocycles. The number of hydrogen-bond acceptors (Lipinski definition) is 4. The van der Waals surface area contributed by atoms with Crippen LogP contribution < -0.4 is 5.32 Å². The van der Waals surface area contributed by atoms with Gasteiger partial charge in [0.25, 0.3) is 5.91 Å². The fraction of sp³-hybridized carbons (Fsp3) is 0.450. The predicted molar refractivity (Wildman–Crippen MR) is 96.6 cm³/mol. The summed E-state index contributed by atoms with van der Waals surface area (Å²) in [6.07, 6.45) is 2.77. The van der Waals surface area contributed by atoms with E-state index < -0.39 is 0 Å². The van der Waals surface area contributed by atoms with Crippen LogP contribution in [0.1, 0.15) is 54.0 Å². The first kappa shape index (κ1) is 16.8. The van der Waals surface area contributed by atoms with Crippen LogP contribution in [0, 0.1) is 18.8 Å². The van der Waals surface area contributed by atoms with E-state index in [0.29, 0.717) is 23.7 Å². The molecule has 3 atom stereocenters. The summed E-state index contributed by atoms with van der Waals surface area (Å²) in [5.41, 5.74) is 2.06. The highest BCUT2D eigenvalue weighted by molar-refractivity contribution is 5.98. The number of carbonyl (C=O) groups excluding carboxylic acids is 2. The number of rotatable bonds is 4. The largest absolute Gasteiger partial charge is 0.361 e. The van der Waals surface area contributed by atoms with E-state index >= 15 is 0 Å². The van der Waals surface area contributed by atoms with Gasteiger partial charge in [-0.2, -0.15) is 0 Å². The second-order valence-corrected chi connectivity index (χ2v) is 7.41. The number of nitrogens with zero attached hydrogens (tertiary/aromatic N) is 2. The fourth-order valence-electron chi connectivity index (χ4n) is 3.68. The number of aromatic nitrogens is 1. The van der Waals surface area contributed by atoms with E-state index in [-0.39, 0.29) is 23.8 Å². The molecule has 2 fully saturated rings. The molecule has 0 spiro atoms. The maximum Gasteiger partial charge on any atom is 0.254 e. The Labute approximate surface area is 152 Å². The smallest absolute Gasteiger partial charge is 0.254 e. The Morgan fingerprint density at radius 2 is 2.12 bits per heavy atom. The highest BCUT2D eigenvalue weighted by Gasteiger charge is 2.39. The van der Waals surface area contributed by atoms with Gasteiger partial charge in [0.05, 0.1) is 6.04 Å². The Bertz CT molecular complexity index is 844. The second-order valence-electron chi connectivity index (χ2n) is 7.41. The Morgan fingerprint density at radius 3 is 2.81 bits per heavy atom. The number of likely N-dealkylation sites (tertiary alicyclic amines) is 1. The van der Waals surface area contributed by atoms with E-state index in [4.69, 9.17) is 4.52 Å². The molecule has 136 valence electrons. The SMILES string of the molecule is Cc1cc([C@@H]2CCCN2C(=O)c2cccc(NC(=O)[C@H]3C[C@H]3C)c2)no1. The lowest BCUT2D eigenvalue weighted by Gasteiger charge is -2.23. The van der Waals surface area contributed by atoms with Crippen LogP contribution in [-0.4, -0.2) is 28.4 Å². The van der Waals surface area contributed by atoms with Crippen LogP contribution in [-0.2, 0) is 4.79 Å². The minimum absolute atomic E-state index is 0.0379. The lowest BCUT2D eigenvalue weighted by molar-refractivity contribution is -0.117. The third-order valence-corrected chi connectivity index (χ3v) is 5.32. The Kier molecular flexibility index (Phi) is 4.26. The summed E-state index contributed by atoms with van der Waals surface area (Å²) in [4.78, 5) is 27.0. The van der Waals surface area contributed by atoms with Crippen molar-refractivity contribution in [2.45, 2.75) is 39.2 Å². The molecule has 26 heavy (non-hydrogen) atoms. The molecule has 1 aliphatic carbocycles. The van der Waals surface area contributed by atoms with Gasteiger partial charge >= 0.3 is 0 Å². The number of hydrogen-bond donors (Lipinski definition) is 1. The van der Waals surface area contributed by atoms with E-state index in [1.165, 1.54) is 0 Å². The van der Waals surface area contributed by atoms with Crippen LogP contribution >= 0.6 is 0 Å². The van der Waals surface area contributed by atoms with Gasteiger partial charge in [-0.05, 0) is 50.3 Å². The van der Waals surface area contributed by atoms with Gasteiger partial charge < -0.3 is 14.7 Å². The number of carbonyl (C=O) groups is 2. The quantitative estimate of drug-likeness (QED) is 0.912. The normalized spacial score (nSPS) is 24.5. The number of amides is 2. The van der Waals surface area contributed by atoms with Gasteiger partial charge in [-0.15, -0.1) is 0 Å². The third-order valence-electron chi connectivity index (χ3n) is 5.32. The molecule has 0 radical (unpaired) electrons. The van der Waals surface area contributed by atoms with Crippen molar-refractivity contribution < 1.29 is 14.1 Å². The van der Waals surface area contributed by atoms with E-state index in [1.54, 1.807) is 12.1 Å². The molecule has 4 rings (SSSR count). The Hall–Kier alpha value is -2.63. The van der Waals surface area contributed by atoms with Crippen molar-refractivity contribution in [2.75, 3.05) is 11.9 Å². The minimum Gasteiger partial charge on any atom is -0.361 e. The first-order valence-electron chi connectivity index (χ1n) is 9.18. The minimum atomic E-state index is -0.0505. The van der Waals surface area contributed by atoms with Crippen molar-refractivity contribution in [3.05, 3.63) is 47.3 Å². The molecule has 1 saturated carbocycles. The highest BCUT2D eigenvalue weighted by Crippen LogP contribution is 2.38. The molecule has 0 unspecified atom stereocenters. The van der Waals surface area contributed by atoms with Crippen LogP contribution in [0.15, 0.2) is 34.9 Å². The van der Waals surface area contributed by atoms with Gasteiger partial charge in [-0.3, -0.25) is 9.59 Å². The Balaban J connectivity index is 1.50. The predicted octanol–water partition coefficient (Wildman–Crippen LogP) is 3.55. The zero-order valence-electron chi connectivity index (χ0n) is 15.1. The van der Waals surface area contributed by atoms with E-state index in [0.717, 1.165) is 30.7 Å². The summed E-state index contributed by atoms with van der Waals surface area (Å²) in [5.74, 6) is 1.31. The van der Waals surface area contributed by atoms with Crippen LogP contribution in [0.2, 0.25) is 0 Å². The summed E-state index contributed by atoms with van der Waals surface area (Å²) in [5, 5.41) is 7.02. The average molecular weight is 353 g/mol. The van der Waals surface area contributed by atoms with E-state index in [1.807, 2.05) is 30.0 Å². The lowest BCUT2D eigenvalue weighted by atomic mass is 10.1. The lowest BCUT2D eigenvalue weighted by Crippen LogP contribution is -2.30. The maximum absolute atomic E-state index is 13.0. The topological polar surface area (TPSA) is 75.4 Å². The molecule has 2 aromatic rings. The number of benzene rings is 1. The standard InChI is InChI=1S/C20H23N3O3/c1-12-9-16(12)19(24)21-15-6-3-5-14(11-15)20(25)23-8-4-7-18(23)17-10-13(2)26-22-17/h3,5-6,10-12,16,18H,4,7-9H2,1-2H3,(H,21,24)/t12-,16+,18+/m1/s1. The van der Waals surface area contributed by atoms with Crippen molar-refractivity contribution >= 4 is 17.5 Å². The molecule has 2 amide bonds. The fourth-order valence-corrected chi connectivity index (χ4v) is 3.68. The van der Waals surface area contributed by atoms with Crippen molar-refractivity contribution in [3.63, 3.8) is 0 Å².